The third-order valence-corrected chi connectivity index (χ3v) is 5.15. The Bertz CT molecular complexity index is 969. The number of aromatic nitrogens is 1. The maximum atomic E-state index is 12.7. The highest BCUT2D eigenvalue weighted by molar-refractivity contribution is 5.80. The minimum Gasteiger partial charge on any atom is -0.492 e. The number of hydrogen-bond donors (Lipinski definition) is 2. The van der Waals surface area contributed by atoms with E-state index in [1.54, 1.807) is 18.2 Å². The van der Waals surface area contributed by atoms with Gasteiger partial charge < -0.3 is 19.7 Å². The molecule has 168 valence electrons. The fourth-order valence-electron chi connectivity index (χ4n) is 3.71. The van der Waals surface area contributed by atoms with Crippen LogP contribution in [0.3, 0.4) is 0 Å². The predicted molar refractivity (Wildman–Crippen MR) is 117 cm³/mol. The van der Waals surface area contributed by atoms with Crippen molar-refractivity contribution in [2.45, 2.75) is 44.9 Å². The van der Waals surface area contributed by atoms with Crippen molar-refractivity contribution in [3.63, 3.8) is 0 Å². The Morgan fingerprint density at radius 3 is 2.71 bits per heavy atom. The molecule has 1 aromatic heterocycles. The number of nitrogens with one attached hydrogen (secondary N) is 1. The number of ether oxygens (including phenoxy) is 1. The summed E-state index contributed by atoms with van der Waals surface area (Å²) in [6.45, 7) is 3.89. The molecule has 0 fully saturated rings. The molecule has 7 heteroatoms. The molecule has 31 heavy (non-hydrogen) atoms. The lowest BCUT2D eigenvalue weighted by atomic mass is 10.1. The molecule has 0 radical (unpaired) electrons. The normalized spacial score (nSPS) is 12.9. The maximum absolute atomic E-state index is 12.7. The molecule has 0 spiro atoms. The van der Waals surface area contributed by atoms with Gasteiger partial charge in [-0.1, -0.05) is 24.3 Å². The Morgan fingerprint density at radius 1 is 1.13 bits per heavy atom. The second kappa shape index (κ2) is 10.7. The molecule has 0 bridgehead atoms. The summed E-state index contributed by atoms with van der Waals surface area (Å²) in [6.07, 6.45) is -1.64. The largest absolute Gasteiger partial charge is 0.492 e. The number of halogens is 3. The Hall–Kier alpha value is -2.51. The summed E-state index contributed by atoms with van der Waals surface area (Å²) < 4.78 is 45.8. The highest BCUT2D eigenvalue weighted by Gasteiger charge is 2.29. The number of benzene rings is 2. The van der Waals surface area contributed by atoms with Crippen LogP contribution in [0.25, 0.3) is 10.9 Å². The lowest BCUT2D eigenvalue weighted by molar-refractivity contribution is -0.127. The van der Waals surface area contributed by atoms with Crippen LogP contribution in [0.5, 0.6) is 5.75 Å². The Labute approximate surface area is 180 Å². The number of alkyl halides is 3. The second-order valence-corrected chi connectivity index (χ2v) is 7.79. The molecule has 2 aromatic carbocycles. The van der Waals surface area contributed by atoms with Crippen LogP contribution in [0.2, 0.25) is 0 Å². The van der Waals surface area contributed by atoms with E-state index in [9.17, 15) is 13.2 Å². The van der Waals surface area contributed by atoms with Gasteiger partial charge in [0.2, 0.25) is 0 Å². The molecule has 3 aromatic rings. The zero-order valence-electron chi connectivity index (χ0n) is 17.7. The monoisotopic (exact) mass is 434 g/mol. The van der Waals surface area contributed by atoms with Crippen molar-refractivity contribution in [2.24, 2.45) is 0 Å². The Balaban J connectivity index is 1.47. The van der Waals surface area contributed by atoms with Gasteiger partial charge in [0.25, 0.3) is 0 Å². The molecule has 0 amide bonds. The van der Waals surface area contributed by atoms with E-state index >= 15 is 0 Å². The number of hydrogen-bond acceptors (Lipinski definition) is 3. The van der Waals surface area contributed by atoms with Crippen LogP contribution in [0.4, 0.5) is 13.2 Å². The fourth-order valence-corrected chi connectivity index (χ4v) is 3.71. The topological polar surface area (TPSA) is 46.4 Å². The van der Waals surface area contributed by atoms with Crippen molar-refractivity contribution in [1.82, 2.24) is 9.88 Å². The lowest BCUT2D eigenvalue weighted by Crippen LogP contribution is -2.32. The van der Waals surface area contributed by atoms with Crippen molar-refractivity contribution in [2.75, 3.05) is 19.8 Å². The molecule has 3 rings (SSSR count). The quantitative estimate of drug-likeness (QED) is 0.429. The standard InChI is InChI=1S/C24H29F3N2O2/c1-18(15-19-7-8-22-20(16-19)9-12-29(22)11-4-13-30)28-10-14-31-23-6-3-2-5-21(23)17-24(25,26)27/h2-3,5-9,12,16,18,28,30H,4,10-11,13-15,17H2,1H3/t18-/m1/s1. The Morgan fingerprint density at radius 2 is 1.94 bits per heavy atom. The van der Waals surface area contributed by atoms with E-state index < -0.39 is 12.6 Å². The molecular formula is C24H29F3N2O2. The van der Waals surface area contributed by atoms with E-state index in [0.29, 0.717) is 13.2 Å². The van der Waals surface area contributed by atoms with Gasteiger partial charge in [0.1, 0.15) is 12.4 Å². The first-order valence-electron chi connectivity index (χ1n) is 10.5. The van der Waals surface area contributed by atoms with Gasteiger partial charge in [-0.2, -0.15) is 13.2 Å². The van der Waals surface area contributed by atoms with E-state index in [1.807, 2.05) is 6.20 Å². The second-order valence-electron chi connectivity index (χ2n) is 7.79. The van der Waals surface area contributed by atoms with Crippen LogP contribution in [0.1, 0.15) is 24.5 Å². The minimum absolute atomic E-state index is 0.155. The zero-order valence-corrected chi connectivity index (χ0v) is 17.7. The first kappa shape index (κ1) is 23.2. The lowest BCUT2D eigenvalue weighted by Gasteiger charge is -2.16. The van der Waals surface area contributed by atoms with Crippen molar-refractivity contribution in [3.8, 4) is 5.75 Å². The third kappa shape index (κ3) is 7.01. The molecule has 2 N–H and O–H groups in total. The van der Waals surface area contributed by atoms with Gasteiger partial charge in [-0.05, 0) is 55.0 Å². The first-order valence-corrected chi connectivity index (χ1v) is 10.5. The average molecular weight is 435 g/mol. The summed E-state index contributed by atoms with van der Waals surface area (Å²) in [5.74, 6) is 0.283. The number of fused-ring (bicyclic) bond motifs is 1. The third-order valence-electron chi connectivity index (χ3n) is 5.15. The van der Waals surface area contributed by atoms with E-state index in [0.717, 1.165) is 24.9 Å². The van der Waals surface area contributed by atoms with Crippen molar-refractivity contribution in [3.05, 3.63) is 65.9 Å². The van der Waals surface area contributed by atoms with E-state index in [-0.39, 0.29) is 24.0 Å². The van der Waals surface area contributed by atoms with Gasteiger partial charge in [-0.3, -0.25) is 0 Å². The predicted octanol–water partition coefficient (Wildman–Crippen LogP) is 4.73. The highest BCUT2D eigenvalue weighted by Crippen LogP contribution is 2.27. The highest BCUT2D eigenvalue weighted by atomic mass is 19.4. The molecule has 1 atom stereocenters. The van der Waals surface area contributed by atoms with Gasteiger partial charge in [0.05, 0.1) is 6.42 Å². The summed E-state index contributed by atoms with van der Waals surface area (Å²) in [4.78, 5) is 0. The van der Waals surface area contributed by atoms with Crippen molar-refractivity contribution < 1.29 is 23.0 Å². The van der Waals surface area contributed by atoms with Gasteiger partial charge in [0, 0.05) is 43.0 Å². The molecule has 0 aliphatic heterocycles. The zero-order chi connectivity index (χ0) is 22.3. The van der Waals surface area contributed by atoms with Crippen LogP contribution in [-0.4, -0.2) is 41.7 Å². The number of para-hydroxylation sites is 1. The fraction of sp³-hybridized carbons (Fsp3) is 0.417. The number of aliphatic hydroxyl groups is 1. The molecule has 0 aliphatic rings. The number of aliphatic hydroxyl groups excluding tert-OH is 1. The van der Waals surface area contributed by atoms with Gasteiger partial charge >= 0.3 is 6.18 Å². The first-order chi connectivity index (χ1) is 14.9. The van der Waals surface area contributed by atoms with Crippen LogP contribution in [0.15, 0.2) is 54.7 Å². The Kier molecular flexibility index (Phi) is 7.98. The number of rotatable bonds is 11. The maximum Gasteiger partial charge on any atom is 0.393 e. The van der Waals surface area contributed by atoms with Gasteiger partial charge in [-0.25, -0.2) is 0 Å². The van der Waals surface area contributed by atoms with E-state index in [4.69, 9.17) is 9.84 Å². The number of nitrogens with zero attached hydrogens (tertiary/aromatic N) is 1. The van der Waals surface area contributed by atoms with Crippen molar-refractivity contribution >= 4 is 10.9 Å². The molecule has 0 unspecified atom stereocenters. The summed E-state index contributed by atoms with van der Waals surface area (Å²) in [5, 5.41) is 13.6. The number of aryl methyl sites for hydroxylation is 1. The van der Waals surface area contributed by atoms with E-state index in [2.05, 4.69) is 41.1 Å². The smallest absolute Gasteiger partial charge is 0.393 e. The average Bonchev–Trinajstić information content (AvgIpc) is 3.12. The SMILES string of the molecule is C[C@H](Cc1ccc2c(ccn2CCCO)c1)NCCOc1ccccc1CC(F)(F)F. The van der Waals surface area contributed by atoms with Crippen LogP contribution in [-0.2, 0) is 19.4 Å². The van der Waals surface area contributed by atoms with E-state index in [1.165, 1.54) is 17.0 Å². The molecule has 0 saturated heterocycles. The van der Waals surface area contributed by atoms with Gasteiger partial charge in [0.15, 0.2) is 0 Å². The summed E-state index contributed by atoms with van der Waals surface area (Å²) in [7, 11) is 0. The van der Waals surface area contributed by atoms with Crippen LogP contribution in [0, 0.1) is 0 Å². The van der Waals surface area contributed by atoms with Crippen molar-refractivity contribution in [1.29, 1.82) is 0 Å². The molecule has 0 aliphatic carbocycles. The molecule has 1 heterocycles. The van der Waals surface area contributed by atoms with Gasteiger partial charge in [-0.15, -0.1) is 0 Å². The summed E-state index contributed by atoms with van der Waals surface area (Å²) in [6, 6.07) is 15.0. The van der Waals surface area contributed by atoms with Crippen LogP contribution < -0.4 is 10.1 Å². The molecule has 0 saturated carbocycles. The van der Waals surface area contributed by atoms with Crippen LogP contribution >= 0.6 is 0 Å². The summed E-state index contributed by atoms with van der Waals surface area (Å²) in [5.41, 5.74) is 2.52. The summed E-state index contributed by atoms with van der Waals surface area (Å²) >= 11 is 0. The molecular weight excluding hydrogens is 405 g/mol. The molecule has 4 nitrogen and oxygen atoms in total. The minimum atomic E-state index is -4.26.